The number of hydrogen-bond donors (Lipinski definition) is 0. The molecule has 0 saturated heterocycles. The smallest absolute Gasteiger partial charge is 0.139 e. The van der Waals surface area contributed by atoms with Crippen molar-refractivity contribution in [2.45, 2.75) is 29.1 Å². The number of alkyl halides is 1. The molecule has 0 spiro atoms. The quantitative estimate of drug-likeness (QED) is 0.127. The SMILES string of the molecule is CC1(C)c2ccccc2-c2ccc(N(C3=Nc4ccccc4C(c4cc(-c5ccccc5)cc5c4oc4cc6ccccc6cc45)C3I)c3ccc(-c4ccccc4)cc3)cc21. The van der Waals surface area contributed by atoms with Crippen LogP contribution >= 0.6 is 22.6 Å². The van der Waals surface area contributed by atoms with Gasteiger partial charge < -0.3 is 4.42 Å². The Kier molecular flexibility index (Phi) is 8.62. The number of anilines is 2. The summed E-state index contributed by atoms with van der Waals surface area (Å²) in [6.45, 7) is 4.71. The Morgan fingerprint density at radius 3 is 1.89 bits per heavy atom. The minimum absolute atomic E-state index is 0.0818. The molecule has 0 fully saturated rings. The van der Waals surface area contributed by atoms with Crippen LogP contribution in [0.3, 0.4) is 0 Å². The minimum atomic E-state index is -0.159. The molecule has 2 aliphatic rings. The molecule has 2 atom stereocenters. The van der Waals surface area contributed by atoms with Crippen LogP contribution in [0.15, 0.2) is 210 Å². The highest BCUT2D eigenvalue weighted by molar-refractivity contribution is 14.1. The van der Waals surface area contributed by atoms with Gasteiger partial charge in [0.25, 0.3) is 0 Å². The van der Waals surface area contributed by atoms with Gasteiger partial charge in [0.2, 0.25) is 0 Å². The third kappa shape index (κ3) is 5.88. The molecule has 3 nitrogen and oxygen atoms in total. The first-order valence-corrected chi connectivity index (χ1v) is 22.6. The number of amidine groups is 1. The molecule has 296 valence electrons. The summed E-state index contributed by atoms with van der Waals surface area (Å²) in [6, 6.07) is 72.7. The zero-order valence-corrected chi connectivity index (χ0v) is 36.5. The maximum atomic E-state index is 7.07. The summed E-state index contributed by atoms with van der Waals surface area (Å²) < 4.78 is 6.98. The molecule has 0 amide bonds. The molecule has 12 rings (SSSR count). The predicted octanol–water partition coefficient (Wildman–Crippen LogP) is 16.2. The van der Waals surface area contributed by atoms with Crippen LogP contribution in [0, 0.1) is 0 Å². The summed E-state index contributed by atoms with van der Waals surface area (Å²) in [5.74, 6) is 0.900. The second kappa shape index (κ2) is 14.4. The summed E-state index contributed by atoms with van der Waals surface area (Å²) in [6.07, 6.45) is 0. The summed E-state index contributed by atoms with van der Waals surface area (Å²) in [4.78, 5) is 8.06. The van der Waals surface area contributed by atoms with E-state index >= 15 is 0 Å². The number of furan rings is 1. The van der Waals surface area contributed by atoms with Gasteiger partial charge in [0.05, 0.1) is 9.61 Å². The van der Waals surface area contributed by atoms with Crippen molar-refractivity contribution in [3.8, 4) is 33.4 Å². The van der Waals surface area contributed by atoms with E-state index in [1.807, 2.05) is 0 Å². The molecular formula is C58H41IN2O. The zero-order chi connectivity index (χ0) is 41.5. The van der Waals surface area contributed by atoms with Gasteiger partial charge in [-0.3, -0.25) is 4.90 Å². The van der Waals surface area contributed by atoms with E-state index in [9.17, 15) is 0 Å². The van der Waals surface area contributed by atoms with Crippen LogP contribution in [-0.4, -0.2) is 9.76 Å². The number of aliphatic imine (C=N–C) groups is 1. The molecule has 62 heavy (non-hydrogen) atoms. The van der Waals surface area contributed by atoms with E-state index in [1.165, 1.54) is 60.8 Å². The number of benzene rings is 9. The molecule has 1 aliphatic heterocycles. The maximum Gasteiger partial charge on any atom is 0.139 e. The molecule has 0 bridgehead atoms. The van der Waals surface area contributed by atoms with Gasteiger partial charge >= 0.3 is 0 Å². The van der Waals surface area contributed by atoms with Crippen molar-refractivity contribution in [3.05, 3.63) is 222 Å². The molecule has 0 N–H and O–H groups in total. The Balaban J connectivity index is 1.08. The van der Waals surface area contributed by atoms with Crippen LogP contribution in [0.5, 0.6) is 0 Å². The van der Waals surface area contributed by atoms with E-state index < -0.39 is 0 Å². The number of nitrogens with zero attached hydrogens (tertiary/aromatic N) is 2. The van der Waals surface area contributed by atoms with E-state index in [1.54, 1.807) is 0 Å². The highest BCUT2D eigenvalue weighted by atomic mass is 127. The number of para-hydroxylation sites is 1. The van der Waals surface area contributed by atoms with E-state index in [4.69, 9.17) is 9.41 Å². The van der Waals surface area contributed by atoms with Gasteiger partial charge in [-0.25, -0.2) is 4.99 Å². The van der Waals surface area contributed by atoms with Gasteiger partial charge in [0.15, 0.2) is 0 Å². The highest BCUT2D eigenvalue weighted by Gasteiger charge is 2.40. The van der Waals surface area contributed by atoms with Crippen molar-refractivity contribution in [1.29, 1.82) is 0 Å². The average Bonchev–Trinajstić information content (AvgIpc) is 3.79. The fourth-order valence-corrected chi connectivity index (χ4v) is 11.3. The number of halogens is 1. The van der Waals surface area contributed by atoms with E-state index in [2.05, 4.69) is 242 Å². The Bertz CT molecular complexity index is 3400. The van der Waals surface area contributed by atoms with Crippen LogP contribution in [0.25, 0.3) is 66.1 Å². The van der Waals surface area contributed by atoms with Crippen molar-refractivity contribution in [2.24, 2.45) is 4.99 Å². The summed E-state index contributed by atoms with van der Waals surface area (Å²) in [5.41, 5.74) is 17.2. The third-order valence-electron chi connectivity index (χ3n) is 13.2. The first-order valence-electron chi connectivity index (χ1n) is 21.4. The summed E-state index contributed by atoms with van der Waals surface area (Å²) in [5, 5.41) is 4.62. The largest absolute Gasteiger partial charge is 0.456 e. The molecule has 4 heteroatoms. The van der Waals surface area contributed by atoms with Crippen molar-refractivity contribution in [1.82, 2.24) is 0 Å². The zero-order valence-electron chi connectivity index (χ0n) is 34.4. The lowest BCUT2D eigenvalue weighted by Gasteiger charge is -2.37. The predicted molar refractivity (Wildman–Crippen MR) is 268 cm³/mol. The number of fused-ring (bicyclic) bond motifs is 8. The molecule has 1 aliphatic carbocycles. The lowest BCUT2D eigenvalue weighted by molar-refractivity contribution is 0.658. The first-order chi connectivity index (χ1) is 30.4. The minimum Gasteiger partial charge on any atom is -0.456 e. The van der Waals surface area contributed by atoms with Gasteiger partial charge in [-0.2, -0.15) is 0 Å². The van der Waals surface area contributed by atoms with Crippen LogP contribution in [0.1, 0.15) is 42.0 Å². The Morgan fingerprint density at radius 2 is 1.11 bits per heavy atom. The van der Waals surface area contributed by atoms with Crippen LogP contribution in [-0.2, 0) is 5.41 Å². The number of hydrogen-bond acceptors (Lipinski definition) is 3. The molecule has 2 unspecified atom stereocenters. The molecule has 10 aromatic rings. The van der Waals surface area contributed by atoms with Gasteiger partial charge in [0, 0.05) is 39.0 Å². The van der Waals surface area contributed by atoms with Gasteiger partial charge in [-0.15, -0.1) is 0 Å². The molecule has 0 radical (unpaired) electrons. The standard InChI is InChI=1S/C58H41IN2O/c1-58(2)50-23-13-11-21-44(50)45-30-29-43(35-51(45)58)61(42-27-25-38(26-28-42)36-15-5-3-6-16-36)57-55(59)54(46-22-12-14-24-52(46)60-57)49-33-41(37-17-7-4-8-18-37)32-48-47-31-39-19-9-10-20-40(39)34-53(47)62-56(48)49/h3-35,54-55H,1-2H3. The second-order valence-electron chi connectivity index (χ2n) is 17.2. The van der Waals surface area contributed by atoms with E-state index in [0.717, 1.165) is 50.4 Å². The molecular weight excluding hydrogens is 868 g/mol. The average molecular weight is 909 g/mol. The Morgan fingerprint density at radius 1 is 0.500 bits per heavy atom. The molecule has 2 heterocycles. The van der Waals surface area contributed by atoms with Crippen molar-refractivity contribution >= 4 is 78.2 Å². The fourth-order valence-electron chi connectivity index (χ4n) is 10.1. The topological polar surface area (TPSA) is 28.7 Å². The Hall–Kier alpha value is -6.76. The number of rotatable bonds is 5. The lowest BCUT2D eigenvalue weighted by Crippen LogP contribution is -2.38. The first kappa shape index (κ1) is 37.0. The van der Waals surface area contributed by atoms with Crippen molar-refractivity contribution in [2.75, 3.05) is 4.90 Å². The second-order valence-corrected chi connectivity index (χ2v) is 18.5. The van der Waals surface area contributed by atoms with Gasteiger partial charge in [0.1, 0.15) is 17.0 Å². The molecule has 0 saturated carbocycles. The van der Waals surface area contributed by atoms with Crippen molar-refractivity contribution < 1.29 is 4.42 Å². The van der Waals surface area contributed by atoms with E-state index in [-0.39, 0.29) is 15.3 Å². The highest BCUT2D eigenvalue weighted by Crippen LogP contribution is 2.52. The third-order valence-corrected chi connectivity index (χ3v) is 14.5. The monoisotopic (exact) mass is 908 g/mol. The maximum absolute atomic E-state index is 7.07. The molecule has 9 aromatic carbocycles. The Labute approximate surface area is 375 Å². The van der Waals surface area contributed by atoms with Crippen LogP contribution in [0.4, 0.5) is 17.1 Å². The lowest BCUT2D eigenvalue weighted by atomic mass is 9.82. The van der Waals surface area contributed by atoms with Crippen LogP contribution < -0.4 is 4.90 Å². The van der Waals surface area contributed by atoms with E-state index in [0.29, 0.717) is 0 Å². The normalized spacial score (nSPS) is 16.2. The summed E-state index contributed by atoms with van der Waals surface area (Å²) in [7, 11) is 0. The van der Waals surface area contributed by atoms with Gasteiger partial charge in [-0.05, 0) is 115 Å². The van der Waals surface area contributed by atoms with Gasteiger partial charge in [-0.1, -0.05) is 182 Å². The van der Waals surface area contributed by atoms with Crippen molar-refractivity contribution in [3.63, 3.8) is 0 Å². The summed E-state index contributed by atoms with van der Waals surface area (Å²) >= 11 is 2.69. The molecule has 1 aromatic heterocycles. The van der Waals surface area contributed by atoms with Crippen LogP contribution in [0.2, 0.25) is 0 Å². The fraction of sp³-hybridized carbons (Fsp3) is 0.0862.